The number of fused-ring (bicyclic) bond motifs is 1. The number of rotatable bonds is 9. The second-order valence-electron chi connectivity index (χ2n) is 9.46. The van der Waals surface area contributed by atoms with Gasteiger partial charge in [-0.15, -0.1) is 6.58 Å². The van der Waals surface area contributed by atoms with E-state index in [4.69, 9.17) is 23.7 Å². The van der Waals surface area contributed by atoms with Gasteiger partial charge in [0.05, 0.1) is 31.5 Å². The quantitative estimate of drug-likeness (QED) is 0.567. The summed E-state index contributed by atoms with van der Waals surface area (Å²) in [5.41, 5.74) is -0.415. The van der Waals surface area contributed by atoms with Gasteiger partial charge in [0, 0.05) is 26.0 Å². The molecule has 0 spiro atoms. The molecule has 1 aromatic rings. The Labute approximate surface area is 194 Å². The minimum absolute atomic E-state index is 0.0113. The van der Waals surface area contributed by atoms with Gasteiger partial charge in [0.1, 0.15) is 11.9 Å². The molecule has 3 fully saturated rings. The van der Waals surface area contributed by atoms with Crippen LogP contribution < -0.4 is 5.32 Å². The summed E-state index contributed by atoms with van der Waals surface area (Å²) in [4.78, 5) is 13.6. The summed E-state index contributed by atoms with van der Waals surface area (Å²) in [7, 11) is 0. The van der Waals surface area contributed by atoms with E-state index in [1.807, 2.05) is 13.8 Å². The summed E-state index contributed by atoms with van der Waals surface area (Å²) in [5.74, 6) is -1.33. The fourth-order valence-electron chi connectivity index (χ4n) is 4.87. The summed E-state index contributed by atoms with van der Waals surface area (Å²) >= 11 is 0. The number of halogens is 1. The molecule has 2 saturated heterocycles. The predicted molar refractivity (Wildman–Crippen MR) is 119 cm³/mol. The van der Waals surface area contributed by atoms with Crippen molar-refractivity contribution in [1.82, 2.24) is 5.32 Å². The lowest BCUT2D eigenvalue weighted by Gasteiger charge is -2.43. The van der Waals surface area contributed by atoms with Gasteiger partial charge in [-0.2, -0.15) is 0 Å². The van der Waals surface area contributed by atoms with Crippen LogP contribution in [-0.2, 0) is 35.1 Å². The predicted octanol–water partition coefficient (Wildman–Crippen LogP) is 3.26. The van der Waals surface area contributed by atoms with Crippen LogP contribution in [0.15, 0.2) is 36.9 Å². The molecule has 2 aliphatic heterocycles. The topological polar surface area (TPSA) is 75.3 Å². The van der Waals surface area contributed by atoms with E-state index in [2.05, 4.69) is 11.9 Å². The average molecular weight is 464 g/mol. The van der Waals surface area contributed by atoms with Gasteiger partial charge in [0.15, 0.2) is 11.4 Å². The monoisotopic (exact) mass is 463 g/mol. The zero-order chi connectivity index (χ0) is 23.5. The second kappa shape index (κ2) is 10.2. The Balaban J connectivity index is 1.56. The van der Waals surface area contributed by atoms with Crippen molar-refractivity contribution in [2.24, 2.45) is 0 Å². The van der Waals surface area contributed by atoms with Gasteiger partial charge < -0.3 is 29.0 Å². The van der Waals surface area contributed by atoms with Crippen LogP contribution in [0.5, 0.6) is 0 Å². The van der Waals surface area contributed by atoms with Crippen molar-refractivity contribution in [2.75, 3.05) is 19.8 Å². The standard InChI is InChI=1S/C25H34FNO6/c1-4-11-30-20-13-25(14-21-22(20)33-24(2,3)32-21,23(28)27-15-19-6-5-12-29-19)31-16-17-7-9-18(26)10-8-17/h4,7-10,19-22H,1,5-6,11-16H2,2-3H3,(H,27,28)/t19?,20?,21-,22+,25-/m1/s1. The molecular formula is C25H34FNO6. The molecule has 4 rings (SSSR count). The number of amides is 1. The minimum Gasteiger partial charge on any atom is -0.376 e. The molecule has 5 atom stereocenters. The Kier molecular flexibility index (Phi) is 7.50. The van der Waals surface area contributed by atoms with Gasteiger partial charge in [-0.3, -0.25) is 4.79 Å². The van der Waals surface area contributed by atoms with Crippen molar-refractivity contribution >= 4 is 5.91 Å². The lowest BCUT2D eigenvalue weighted by atomic mass is 9.78. The van der Waals surface area contributed by atoms with Gasteiger partial charge in [-0.05, 0) is 44.4 Å². The molecule has 0 bridgehead atoms. The van der Waals surface area contributed by atoms with Crippen LogP contribution in [0, 0.1) is 5.82 Å². The number of benzene rings is 1. The van der Waals surface area contributed by atoms with Gasteiger partial charge >= 0.3 is 0 Å². The Morgan fingerprint density at radius 2 is 2.06 bits per heavy atom. The molecule has 7 nitrogen and oxygen atoms in total. The van der Waals surface area contributed by atoms with Gasteiger partial charge in [0.2, 0.25) is 0 Å². The van der Waals surface area contributed by atoms with E-state index >= 15 is 0 Å². The molecule has 1 aromatic carbocycles. The van der Waals surface area contributed by atoms with E-state index in [0.717, 1.165) is 18.4 Å². The van der Waals surface area contributed by atoms with Gasteiger partial charge in [-0.1, -0.05) is 18.2 Å². The largest absolute Gasteiger partial charge is 0.376 e. The first-order valence-corrected chi connectivity index (χ1v) is 11.7. The van der Waals surface area contributed by atoms with E-state index < -0.39 is 17.5 Å². The van der Waals surface area contributed by atoms with Crippen LogP contribution >= 0.6 is 0 Å². The summed E-state index contributed by atoms with van der Waals surface area (Å²) in [6, 6.07) is 6.07. The number of ether oxygens (including phenoxy) is 5. The summed E-state index contributed by atoms with van der Waals surface area (Å²) in [5, 5.41) is 3.04. The SMILES string of the molecule is C=CCOC1C[C@](OCc2ccc(F)cc2)(C(=O)NCC2CCCO2)C[C@H]2OC(C)(C)O[C@@H]12. The van der Waals surface area contributed by atoms with E-state index in [-0.39, 0.29) is 36.6 Å². The van der Waals surface area contributed by atoms with Crippen molar-refractivity contribution in [1.29, 1.82) is 0 Å². The summed E-state index contributed by atoms with van der Waals surface area (Å²) in [6.07, 6.45) is 3.14. The van der Waals surface area contributed by atoms with E-state index in [1.165, 1.54) is 12.1 Å². The molecule has 1 saturated carbocycles. The highest BCUT2D eigenvalue weighted by molar-refractivity contribution is 5.85. The number of hydrogen-bond donors (Lipinski definition) is 1. The summed E-state index contributed by atoms with van der Waals surface area (Å²) in [6.45, 7) is 9.07. The van der Waals surface area contributed by atoms with Crippen molar-refractivity contribution in [3.63, 3.8) is 0 Å². The maximum atomic E-state index is 13.6. The average Bonchev–Trinajstić information content (AvgIpc) is 3.41. The normalized spacial score (nSPS) is 32.9. The third kappa shape index (κ3) is 5.81. The molecule has 3 aliphatic rings. The Bertz CT molecular complexity index is 825. The number of carbonyl (C=O) groups excluding carboxylic acids is 1. The molecule has 182 valence electrons. The zero-order valence-corrected chi connectivity index (χ0v) is 19.4. The van der Waals surface area contributed by atoms with Gasteiger partial charge in [-0.25, -0.2) is 4.39 Å². The van der Waals surface area contributed by atoms with Crippen LogP contribution in [0.2, 0.25) is 0 Å². The smallest absolute Gasteiger partial charge is 0.252 e. The van der Waals surface area contributed by atoms with Crippen LogP contribution in [-0.4, -0.2) is 61.5 Å². The lowest BCUT2D eigenvalue weighted by Crippen LogP contribution is -2.60. The van der Waals surface area contributed by atoms with Crippen LogP contribution in [0.3, 0.4) is 0 Å². The Morgan fingerprint density at radius 1 is 1.27 bits per heavy atom. The van der Waals surface area contributed by atoms with E-state index in [1.54, 1.807) is 18.2 Å². The maximum absolute atomic E-state index is 13.6. The molecule has 0 aromatic heterocycles. The fourth-order valence-corrected chi connectivity index (χ4v) is 4.87. The second-order valence-corrected chi connectivity index (χ2v) is 9.46. The highest BCUT2D eigenvalue weighted by Gasteiger charge is 2.58. The number of carbonyl (C=O) groups is 1. The molecule has 8 heteroatoms. The van der Waals surface area contributed by atoms with Crippen molar-refractivity contribution in [2.45, 2.75) is 81.9 Å². The molecule has 0 radical (unpaired) electrons. The fraction of sp³-hybridized carbons (Fsp3) is 0.640. The van der Waals surface area contributed by atoms with Crippen molar-refractivity contribution in [3.05, 3.63) is 48.3 Å². The first-order valence-electron chi connectivity index (χ1n) is 11.7. The third-order valence-corrected chi connectivity index (χ3v) is 6.43. The molecule has 1 aliphatic carbocycles. The molecule has 2 heterocycles. The highest BCUT2D eigenvalue weighted by Crippen LogP contribution is 2.44. The number of nitrogens with one attached hydrogen (secondary N) is 1. The first-order chi connectivity index (χ1) is 15.8. The zero-order valence-electron chi connectivity index (χ0n) is 19.4. The molecule has 33 heavy (non-hydrogen) atoms. The molecule has 2 unspecified atom stereocenters. The van der Waals surface area contributed by atoms with E-state index in [9.17, 15) is 9.18 Å². The first kappa shape index (κ1) is 24.3. The Hall–Kier alpha value is -1.84. The third-order valence-electron chi connectivity index (χ3n) is 6.43. The van der Waals surface area contributed by atoms with Crippen LogP contribution in [0.25, 0.3) is 0 Å². The molecular weight excluding hydrogens is 429 g/mol. The molecule has 1 N–H and O–H groups in total. The van der Waals surface area contributed by atoms with Crippen LogP contribution in [0.4, 0.5) is 4.39 Å². The Morgan fingerprint density at radius 3 is 2.76 bits per heavy atom. The minimum atomic E-state index is -1.19. The summed E-state index contributed by atoms with van der Waals surface area (Å²) < 4.78 is 43.7. The number of hydrogen-bond acceptors (Lipinski definition) is 6. The van der Waals surface area contributed by atoms with Crippen LogP contribution in [0.1, 0.15) is 45.1 Å². The van der Waals surface area contributed by atoms with E-state index in [0.29, 0.717) is 32.6 Å². The maximum Gasteiger partial charge on any atom is 0.252 e. The van der Waals surface area contributed by atoms with Crippen molar-refractivity contribution < 1.29 is 32.9 Å². The van der Waals surface area contributed by atoms with Gasteiger partial charge in [0.25, 0.3) is 5.91 Å². The molecule has 1 amide bonds. The highest BCUT2D eigenvalue weighted by atomic mass is 19.1. The van der Waals surface area contributed by atoms with Crippen molar-refractivity contribution in [3.8, 4) is 0 Å². The lowest BCUT2D eigenvalue weighted by molar-refractivity contribution is -0.180.